The summed E-state index contributed by atoms with van der Waals surface area (Å²) >= 11 is 0. The second-order valence-corrected chi connectivity index (χ2v) is 3.50. The van der Waals surface area contributed by atoms with Crippen molar-refractivity contribution in [2.24, 2.45) is 5.73 Å². The molecule has 0 saturated carbocycles. The third-order valence-electron chi connectivity index (χ3n) is 2.29. The van der Waals surface area contributed by atoms with Gasteiger partial charge in [0.1, 0.15) is 12.4 Å². The Bertz CT molecular complexity index is 443. The summed E-state index contributed by atoms with van der Waals surface area (Å²) in [6, 6.07) is 11.7. The van der Waals surface area contributed by atoms with E-state index in [2.05, 4.69) is 4.98 Å². The van der Waals surface area contributed by atoms with Crippen molar-refractivity contribution in [1.29, 1.82) is 0 Å². The number of hydrogen-bond acceptors (Lipinski definition) is 3. The van der Waals surface area contributed by atoms with Crippen molar-refractivity contribution in [3.8, 4) is 5.75 Å². The zero-order valence-electron chi connectivity index (χ0n) is 8.97. The fraction of sp³-hybridized carbons (Fsp3) is 0.154. The molecule has 82 valence electrons. The van der Waals surface area contributed by atoms with Crippen LogP contribution in [-0.2, 0) is 13.2 Å². The molecule has 0 saturated heterocycles. The topological polar surface area (TPSA) is 48.1 Å². The van der Waals surface area contributed by atoms with Crippen LogP contribution in [0.4, 0.5) is 0 Å². The average Bonchev–Trinajstić information content (AvgIpc) is 2.38. The van der Waals surface area contributed by atoms with Crippen LogP contribution in [0.3, 0.4) is 0 Å². The number of benzene rings is 1. The lowest BCUT2D eigenvalue weighted by Gasteiger charge is -2.07. The summed E-state index contributed by atoms with van der Waals surface area (Å²) in [6.07, 6.45) is 3.52. The third-order valence-corrected chi connectivity index (χ3v) is 2.29. The minimum Gasteiger partial charge on any atom is -0.489 e. The maximum atomic E-state index is 5.65. The molecule has 2 aromatic rings. The first kappa shape index (κ1) is 10.6. The van der Waals surface area contributed by atoms with Crippen LogP contribution in [0, 0.1) is 0 Å². The van der Waals surface area contributed by atoms with Crippen LogP contribution in [0.5, 0.6) is 5.75 Å². The summed E-state index contributed by atoms with van der Waals surface area (Å²) in [7, 11) is 0. The average molecular weight is 214 g/mol. The Morgan fingerprint density at radius 3 is 2.62 bits per heavy atom. The number of pyridine rings is 1. The molecule has 0 spiro atoms. The first-order valence-electron chi connectivity index (χ1n) is 5.19. The third kappa shape index (κ3) is 2.81. The van der Waals surface area contributed by atoms with Crippen LogP contribution < -0.4 is 10.5 Å². The first-order chi connectivity index (χ1) is 7.88. The lowest BCUT2D eigenvalue weighted by atomic mass is 10.2. The molecule has 1 heterocycles. The Balaban J connectivity index is 1.99. The lowest BCUT2D eigenvalue weighted by Crippen LogP contribution is -1.98. The second kappa shape index (κ2) is 5.28. The summed E-state index contributed by atoms with van der Waals surface area (Å²) < 4.78 is 5.65. The van der Waals surface area contributed by atoms with Gasteiger partial charge in [-0.3, -0.25) is 4.98 Å². The van der Waals surface area contributed by atoms with Crippen molar-refractivity contribution in [3.63, 3.8) is 0 Å². The van der Waals surface area contributed by atoms with E-state index < -0.39 is 0 Å². The Kier molecular flexibility index (Phi) is 3.51. The van der Waals surface area contributed by atoms with Crippen molar-refractivity contribution in [1.82, 2.24) is 4.98 Å². The van der Waals surface area contributed by atoms with Crippen LogP contribution in [-0.4, -0.2) is 4.98 Å². The van der Waals surface area contributed by atoms with Gasteiger partial charge in [0.25, 0.3) is 0 Å². The molecule has 16 heavy (non-hydrogen) atoms. The van der Waals surface area contributed by atoms with Gasteiger partial charge in [0.2, 0.25) is 0 Å². The van der Waals surface area contributed by atoms with E-state index >= 15 is 0 Å². The molecule has 0 bridgehead atoms. The predicted molar refractivity (Wildman–Crippen MR) is 62.9 cm³/mol. The molecule has 0 aliphatic heterocycles. The van der Waals surface area contributed by atoms with Gasteiger partial charge in [0, 0.05) is 18.9 Å². The fourth-order valence-electron chi connectivity index (χ4n) is 1.41. The molecule has 0 atom stereocenters. The van der Waals surface area contributed by atoms with E-state index in [9.17, 15) is 0 Å². The number of hydrogen-bond donors (Lipinski definition) is 1. The SMILES string of the molecule is NCc1cccc(OCc2ccncc2)c1. The van der Waals surface area contributed by atoms with Gasteiger partial charge in [0.15, 0.2) is 0 Å². The maximum absolute atomic E-state index is 5.65. The van der Waals surface area contributed by atoms with E-state index in [1.165, 1.54) is 0 Å². The Hall–Kier alpha value is -1.87. The van der Waals surface area contributed by atoms with Gasteiger partial charge in [-0.05, 0) is 35.4 Å². The molecule has 0 amide bonds. The predicted octanol–water partition coefficient (Wildman–Crippen LogP) is 2.12. The Morgan fingerprint density at radius 2 is 1.88 bits per heavy atom. The van der Waals surface area contributed by atoms with Crippen LogP contribution in [0.25, 0.3) is 0 Å². The minimum absolute atomic E-state index is 0.534. The molecule has 2 rings (SSSR count). The summed E-state index contributed by atoms with van der Waals surface area (Å²) in [6.45, 7) is 1.09. The van der Waals surface area contributed by atoms with E-state index in [1.54, 1.807) is 12.4 Å². The standard InChI is InChI=1S/C13H14N2O/c14-9-12-2-1-3-13(8-12)16-10-11-4-6-15-7-5-11/h1-8H,9-10,14H2. The molecule has 0 fully saturated rings. The van der Waals surface area contributed by atoms with Crippen molar-refractivity contribution < 1.29 is 4.74 Å². The maximum Gasteiger partial charge on any atom is 0.120 e. The number of ether oxygens (including phenoxy) is 1. The molecule has 0 unspecified atom stereocenters. The molecule has 2 N–H and O–H groups in total. The molecule has 1 aromatic heterocycles. The summed E-state index contributed by atoms with van der Waals surface area (Å²) in [5, 5.41) is 0. The zero-order chi connectivity index (χ0) is 11.2. The highest BCUT2D eigenvalue weighted by Crippen LogP contribution is 2.14. The molecular formula is C13H14N2O. The largest absolute Gasteiger partial charge is 0.489 e. The highest BCUT2D eigenvalue weighted by atomic mass is 16.5. The molecule has 3 nitrogen and oxygen atoms in total. The van der Waals surface area contributed by atoms with Gasteiger partial charge in [0.05, 0.1) is 0 Å². The van der Waals surface area contributed by atoms with Gasteiger partial charge >= 0.3 is 0 Å². The van der Waals surface area contributed by atoms with E-state index in [1.807, 2.05) is 36.4 Å². The monoisotopic (exact) mass is 214 g/mol. The second-order valence-electron chi connectivity index (χ2n) is 3.50. The van der Waals surface area contributed by atoms with Crippen molar-refractivity contribution >= 4 is 0 Å². The van der Waals surface area contributed by atoms with Crippen molar-refractivity contribution in [3.05, 3.63) is 59.9 Å². The molecular weight excluding hydrogens is 200 g/mol. The van der Waals surface area contributed by atoms with E-state index in [-0.39, 0.29) is 0 Å². The Labute approximate surface area is 94.9 Å². The van der Waals surface area contributed by atoms with Gasteiger partial charge in [-0.15, -0.1) is 0 Å². The van der Waals surface area contributed by atoms with Gasteiger partial charge in [-0.2, -0.15) is 0 Å². The molecule has 1 aromatic carbocycles. The normalized spacial score (nSPS) is 10.1. The smallest absolute Gasteiger partial charge is 0.120 e. The van der Waals surface area contributed by atoms with Crippen molar-refractivity contribution in [2.75, 3.05) is 0 Å². The summed E-state index contributed by atoms with van der Waals surface area (Å²) in [4.78, 5) is 3.96. The molecule has 0 radical (unpaired) electrons. The van der Waals surface area contributed by atoms with Crippen LogP contribution >= 0.6 is 0 Å². The first-order valence-corrected chi connectivity index (χ1v) is 5.19. The lowest BCUT2D eigenvalue weighted by molar-refractivity contribution is 0.306. The van der Waals surface area contributed by atoms with Gasteiger partial charge in [-0.1, -0.05) is 12.1 Å². The van der Waals surface area contributed by atoms with Crippen LogP contribution in [0.2, 0.25) is 0 Å². The minimum atomic E-state index is 0.534. The van der Waals surface area contributed by atoms with E-state index in [4.69, 9.17) is 10.5 Å². The molecule has 3 heteroatoms. The number of rotatable bonds is 4. The number of nitrogens with two attached hydrogens (primary N) is 1. The zero-order valence-corrected chi connectivity index (χ0v) is 8.97. The number of nitrogens with zero attached hydrogens (tertiary/aromatic N) is 1. The van der Waals surface area contributed by atoms with E-state index in [0.717, 1.165) is 16.9 Å². The highest BCUT2D eigenvalue weighted by Gasteiger charge is 1.96. The molecule has 0 aliphatic rings. The van der Waals surface area contributed by atoms with Gasteiger partial charge < -0.3 is 10.5 Å². The quantitative estimate of drug-likeness (QED) is 0.848. The molecule has 0 aliphatic carbocycles. The summed E-state index contributed by atoms with van der Waals surface area (Å²) in [5.74, 6) is 0.847. The van der Waals surface area contributed by atoms with Crippen LogP contribution in [0.15, 0.2) is 48.8 Å². The Morgan fingerprint density at radius 1 is 1.06 bits per heavy atom. The van der Waals surface area contributed by atoms with Gasteiger partial charge in [-0.25, -0.2) is 0 Å². The van der Waals surface area contributed by atoms with E-state index in [0.29, 0.717) is 13.2 Å². The van der Waals surface area contributed by atoms with Crippen molar-refractivity contribution in [2.45, 2.75) is 13.2 Å². The number of aromatic nitrogens is 1. The highest BCUT2D eigenvalue weighted by molar-refractivity contribution is 5.28. The van der Waals surface area contributed by atoms with Crippen LogP contribution in [0.1, 0.15) is 11.1 Å². The summed E-state index contributed by atoms with van der Waals surface area (Å²) in [5.41, 5.74) is 7.74. The fourth-order valence-corrected chi connectivity index (χ4v) is 1.41.